The molecule has 0 unspecified atom stereocenters. The average Bonchev–Trinajstić information content (AvgIpc) is 3.43. The highest BCUT2D eigenvalue weighted by molar-refractivity contribution is 5.93. The first-order valence-electron chi connectivity index (χ1n) is 14.9. The number of hydrogen-bond acceptors (Lipinski definition) is 2. The summed E-state index contributed by atoms with van der Waals surface area (Å²) in [5, 5.41) is 11.8. The van der Waals surface area contributed by atoms with Gasteiger partial charge in [0.25, 0.3) is 0 Å². The number of aromatic amines is 1. The van der Waals surface area contributed by atoms with Crippen LogP contribution in [0.15, 0.2) is 30.3 Å². The fraction of sp³-hybridized carbons (Fsp3) is 0.405. The van der Waals surface area contributed by atoms with E-state index in [1.807, 2.05) is 19.9 Å². The van der Waals surface area contributed by atoms with Crippen LogP contribution in [0.1, 0.15) is 86.4 Å². The van der Waals surface area contributed by atoms with Gasteiger partial charge >= 0.3 is 0 Å². The van der Waals surface area contributed by atoms with E-state index >= 15 is 0 Å². The molecule has 2 aromatic heterocycles. The predicted molar refractivity (Wildman–Crippen MR) is 177 cm³/mol. The Bertz CT molecular complexity index is 1680. The number of H-pyrrole nitrogens is 1. The normalized spacial score (nSPS) is 11.0. The molecule has 0 bridgehead atoms. The first kappa shape index (κ1) is 32.2. The molecule has 0 atom stereocenters. The number of rotatable bonds is 4. The summed E-state index contributed by atoms with van der Waals surface area (Å²) >= 11 is 0. The van der Waals surface area contributed by atoms with Gasteiger partial charge in [0.2, 0.25) is 0 Å². The van der Waals surface area contributed by atoms with Crippen molar-refractivity contribution in [1.82, 2.24) is 9.55 Å². The van der Waals surface area contributed by atoms with Gasteiger partial charge in [-0.05, 0) is 137 Å². The van der Waals surface area contributed by atoms with Crippen LogP contribution in [0.2, 0.25) is 0 Å². The lowest BCUT2D eigenvalue weighted by Crippen LogP contribution is -2.07. The van der Waals surface area contributed by atoms with Crippen LogP contribution in [0.5, 0.6) is 0 Å². The summed E-state index contributed by atoms with van der Waals surface area (Å²) in [6.07, 6.45) is 0. The molecule has 4 heteroatoms. The Morgan fingerprint density at radius 2 is 1.12 bits per heavy atom. The largest absolute Gasteiger partial charge is 0.358 e. The van der Waals surface area contributed by atoms with Crippen LogP contribution in [0.3, 0.4) is 0 Å². The van der Waals surface area contributed by atoms with Crippen LogP contribution in [-0.2, 0) is 18.0 Å². The molecule has 5 aromatic rings. The second-order valence-corrected chi connectivity index (χ2v) is 11.3. The van der Waals surface area contributed by atoms with Crippen molar-refractivity contribution in [3.63, 3.8) is 0 Å². The number of fused-ring (bicyclic) bond motifs is 2. The molecule has 0 saturated heterocycles. The Hall–Kier alpha value is -3.34. The third-order valence-electron chi connectivity index (χ3n) is 9.38. The highest BCUT2D eigenvalue weighted by Gasteiger charge is 2.21. The van der Waals surface area contributed by atoms with E-state index in [0.29, 0.717) is 0 Å². The minimum absolute atomic E-state index is 0.199. The van der Waals surface area contributed by atoms with Gasteiger partial charge < -0.3 is 9.55 Å². The van der Waals surface area contributed by atoms with Crippen LogP contribution in [-0.4, -0.2) is 14.8 Å². The van der Waals surface area contributed by atoms with Crippen molar-refractivity contribution in [2.75, 3.05) is 0 Å². The summed E-state index contributed by atoms with van der Waals surface area (Å²) in [4.78, 5) is 8.04. The smallest absolute Gasteiger partial charge is 0.122 e. The van der Waals surface area contributed by atoms with E-state index in [0.717, 1.165) is 12.2 Å². The molecule has 41 heavy (non-hydrogen) atoms. The van der Waals surface area contributed by atoms with Gasteiger partial charge in [0.05, 0.1) is 11.2 Å². The number of nitrogens with one attached hydrogen (secondary N) is 1. The lowest BCUT2D eigenvalue weighted by atomic mass is 9.94. The second kappa shape index (κ2) is 13.1. The molecule has 5 rings (SSSR count). The zero-order chi connectivity index (χ0) is 30.8. The molecule has 0 aliphatic carbocycles. The number of aryl methyl sites for hydroxylation is 7. The van der Waals surface area contributed by atoms with E-state index in [4.69, 9.17) is 5.26 Å². The molecule has 220 valence electrons. The quantitative estimate of drug-likeness (QED) is 0.171. The summed E-state index contributed by atoms with van der Waals surface area (Å²) in [7, 11) is 0. The van der Waals surface area contributed by atoms with E-state index in [9.17, 15) is 0 Å². The first-order valence-corrected chi connectivity index (χ1v) is 14.9. The van der Waals surface area contributed by atoms with Crippen molar-refractivity contribution in [3.05, 3.63) is 103 Å². The third kappa shape index (κ3) is 5.73. The summed E-state index contributed by atoms with van der Waals surface area (Å²) < 4.78 is 2.30. The van der Waals surface area contributed by atoms with Crippen molar-refractivity contribution in [3.8, 4) is 0 Å². The fourth-order valence-electron chi connectivity index (χ4n) is 6.16. The molecule has 4 nitrogen and oxygen atoms in total. The molecule has 2 N–H and O–H groups in total. The molecule has 0 fully saturated rings. The molecule has 0 spiro atoms. The van der Waals surface area contributed by atoms with Crippen LogP contribution < -0.4 is 0 Å². The minimum Gasteiger partial charge on any atom is -0.358 e. The van der Waals surface area contributed by atoms with Gasteiger partial charge in [-0.25, -0.2) is 4.89 Å². The van der Waals surface area contributed by atoms with E-state index < -0.39 is 0 Å². The minimum atomic E-state index is 0.199. The van der Waals surface area contributed by atoms with Crippen molar-refractivity contribution >= 4 is 21.8 Å². The topological polar surface area (TPSA) is 50.2 Å². The summed E-state index contributed by atoms with van der Waals surface area (Å²) in [5.41, 5.74) is 19.7. The van der Waals surface area contributed by atoms with Crippen LogP contribution in [0.25, 0.3) is 21.8 Å². The maximum Gasteiger partial charge on any atom is 0.122 e. The molecular formula is C37H50N2O2. The highest BCUT2D eigenvalue weighted by Crippen LogP contribution is 2.36. The van der Waals surface area contributed by atoms with E-state index in [1.165, 1.54) is 88.7 Å². The molecule has 2 heterocycles. The van der Waals surface area contributed by atoms with Gasteiger partial charge in [0.1, 0.15) is 6.61 Å². The Morgan fingerprint density at radius 3 is 1.68 bits per heavy atom. The van der Waals surface area contributed by atoms with Crippen molar-refractivity contribution < 1.29 is 10.1 Å². The molecule has 0 radical (unpaired) electrons. The maximum atomic E-state index is 9.09. The third-order valence-corrected chi connectivity index (χ3v) is 9.38. The Balaban J connectivity index is 0.000000233. The summed E-state index contributed by atoms with van der Waals surface area (Å²) in [6, 6.07) is 10.4. The van der Waals surface area contributed by atoms with Crippen molar-refractivity contribution in [1.29, 1.82) is 0 Å². The average molecular weight is 555 g/mol. The van der Waals surface area contributed by atoms with Gasteiger partial charge in [-0.3, -0.25) is 5.26 Å². The van der Waals surface area contributed by atoms with Crippen molar-refractivity contribution in [2.24, 2.45) is 0 Å². The second-order valence-electron chi connectivity index (χ2n) is 11.3. The SMILES string of the molecule is CC.Cc1[nH]c2c(C)c(C)c(C)c(C)c2c1C.Cc1c(C)c(C)c2c(c1C)c(C)c(COO)n2Cc1ccccc1. The van der Waals surface area contributed by atoms with Gasteiger partial charge in [-0.15, -0.1) is 0 Å². The molecule has 0 saturated carbocycles. The highest BCUT2D eigenvalue weighted by atomic mass is 17.1. The number of nitrogens with zero attached hydrogens (tertiary/aromatic N) is 1. The van der Waals surface area contributed by atoms with E-state index in [2.05, 4.69) is 115 Å². The Labute approximate surface area is 247 Å². The first-order chi connectivity index (χ1) is 19.4. The lowest BCUT2D eigenvalue weighted by molar-refractivity contribution is -0.254. The molecular weight excluding hydrogens is 504 g/mol. The molecule has 3 aromatic carbocycles. The van der Waals surface area contributed by atoms with Crippen LogP contribution >= 0.6 is 0 Å². The van der Waals surface area contributed by atoms with Gasteiger partial charge in [-0.2, -0.15) is 0 Å². The molecule has 0 aliphatic rings. The van der Waals surface area contributed by atoms with Crippen molar-refractivity contribution in [2.45, 2.75) is 103 Å². The van der Waals surface area contributed by atoms with E-state index in [-0.39, 0.29) is 6.61 Å². The fourth-order valence-corrected chi connectivity index (χ4v) is 6.16. The molecule has 0 amide bonds. The number of hydrogen-bond donors (Lipinski definition) is 2. The number of benzene rings is 3. The Morgan fingerprint density at radius 1 is 0.610 bits per heavy atom. The van der Waals surface area contributed by atoms with Crippen LogP contribution in [0.4, 0.5) is 0 Å². The number of aromatic nitrogens is 2. The van der Waals surface area contributed by atoms with Gasteiger partial charge in [-0.1, -0.05) is 44.2 Å². The standard InChI is InChI=1S/C21H25NO2.C14H19N.C2H6/c1-13-14(2)16(4)21-20(15(13)3)17(5)19(12-24-23)22(21)11-18-9-7-6-8-10-18;1-7-8(2)10(4)14-13(9(7)3)11(5)12(6)15-14;1-2/h6-10,23H,11-12H2,1-5H3;15H,1-6H3;1-2H3. The van der Waals surface area contributed by atoms with Crippen LogP contribution in [0, 0.1) is 76.2 Å². The maximum absolute atomic E-state index is 9.09. The predicted octanol–water partition coefficient (Wildman–Crippen LogP) is 10.3. The van der Waals surface area contributed by atoms with E-state index in [1.54, 1.807) is 0 Å². The lowest BCUT2D eigenvalue weighted by Gasteiger charge is -2.15. The van der Waals surface area contributed by atoms with Gasteiger partial charge in [0, 0.05) is 28.5 Å². The molecule has 0 aliphatic heterocycles. The summed E-state index contributed by atoms with van der Waals surface area (Å²) in [5.74, 6) is 0. The monoisotopic (exact) mass is 554 g/mol. The Kier molecular flexibility index (Phi) is 10.3. The zero-order valence-electron chi connectivity index (χ0n) is 27.6. The zero-order valence-corrected chi connectivity index (χ0v) is 27.6. The summed E-state index contributed by atoms with van der Waals surface area (Å²) in [6.45, 7) is 29.1. The van der Waals surface area contributed by atoms with Gasteiger partial charge in [0.15, 0.2) is 0 Å².